The molecule has 0 radical (unpaired) electrons. The highest BCUT2D eigenvalue weighted by atomic mass is 16.5. The fourth-order valence-electron chi connectivity index (χ4n) is 3.90. The zero-order valence-electron chi connectivity index (χ0n) is 16.3. The molecule has 0 unspecified atom stereocenters. The molecule has 4 rings (SSSR count). The fraction of sp³-hybridized carbons (Fsp3) is 0.261. The monoisotopic (exact) mass is 377 g/mol. The third-order valence-electron chi connectivity index (χ3n) is 5.24. The highest BCUT2D eigenvalue weighted by Crippen LogP contribution is 2.41. The van der Waals surface area contributed by atoms with Gasteiger partial charge in [0.05, 0.1) is 21.3 Å². The second kappa shape index (κ2) is 7.43. The van der Waals surface area contributed by atoms with Crippen LogP contribution in [0.1, 0.15) is 23.1 Å². The lowest BCUT2D eigenvalue weighted by atomic mass is 9.89. The zero-order valence-corrected chi connectivity index (χ0v) is 16.3. The van der Waals surface area contributed by atoms with Crippen molar-refractivity contribution in [1.82, 2.24) is 5.32 Å². The zero-order chi connectivity index (χ0) is 19.7. The van der Waals surface area contributed by atoms with Crippen LogP contribution in [0.5, 0.6) is 17.2 Å². The molecule has 2 aromatic carbocycles. The first-order chi connectivity index (χ1) is 13.6. The van der Waals surface area contributed by atoms with Gasteiger partial charge in [0, 0.05) is 13.0 Å². The molecule has 1 aliphatic heterocycles. The summed E-state index contributed by atoms with van der Waals surface area (Å²) in [6.07, 6.45) is 3.27. The minimum atomic E-state index is 0.0549. The molecule has 5 heteroatoms. The first-order valence-electron chi connectivity index (χ1n) is 9.22. The summed E-state index contributed by atoms with van der Waals surface area (Å²) in [7, 11) is 4.94. The van der Waals surface area contributed by atoms with Crippen LogP contribution in [-0.4, -0.2) is 33.8 Å². The number of amides is 1. The molecule has 28 heavy (non-hydrogen) atoms. The van der Waals surface area contributed by atoms with Gasteiger partial charge in [-0.05, 0) is 58.5 Å². The summed E-state index contributed by atoms with van der Waals surface area (Å²) < 4.78 is 16.4. The van der Waals surface area contributed by atoms with Crippen molar-refractivity contribution in [3.05, 3.63) is 70.3 Å². The van der Waals surface area contributed by atoms with Crippen molar-refractivity contribution in [3.8, 4) is 17.2 Å². The van der Waals surface area contributed by atoms with Crippen molar-refractivity contribution in [2.24, 2.45) is 0 Å². The molecular formula is C23H23NO4. The van der Waals surface area contributed by atoms with Crippen LogP contribution in [-0.2, 0) is 11.2 Å². The Kier molecular flexibility index (Phi) is 4.82. The Morgan fingerprint density at radius 2 is 1.61 bits per heavy atom. The number of methoxy groups -OCH3 is 3. The number of rotatable bonds is 4. The summed E-state index contributed by atoms with van der Waals surface area (Å²) in [5, 5.41) is 3.02. The molecule has 0 saturated carbocycles. The summed E-state index contributed by atoms with van der Waals surface area (Å²) in [6.45, 7) is 0.498. The summed E-state index contributed by atoms with van der Waals surface area (Å²) in [4.78, 5) is 12.2. The van der Waals surface area contributed by atoms with Crippen molar-refractivity contribution in [2.75, 3.05) is 27.9 Å². The van der Waals surface area contributed by atoms with Crippen molar-refractivity contribution in [1.29, 1.82) is 0 Å². The van der Waals surface area contributed by atoms with Gasteiger partial charge in [-0.25, -0.2) is 0 Å². The van der Waals surface area contributed by atoms with Gasteiger partial charge in [0.15, 0.2) is 11.5 Å². The van der Waals surface area contributed by atoms with Crippen LogP contribution in [0.2, 0.25) is 0 Å². The standard InChI is InChI=1S/C23H23NO4/c1-26-18-6-4-15(5-7-18)23-17-9-14(10-22(25)24-13-17)8-16-11-20(27-2)21(28-3)12-19(16)23/h4-7,9,11-12H,8,10,13H2,1-3H3,(H,24,25). The first kappa shape index (κ1) is 18.2. The Bertz CT molecular complexity index is 986. The van der Waals surface area contributed by atoms with Crippen LogP contribution in [0.3, 0.4) is 0 Å². The number of hydrogen-bond acceptors (Lipinski definition) is 4. The average molecular weight is 377 g/mol. The van der Waals surface area contributed by atoms with E-state index in [2.05, 4.69) is 11.4 Å². The van der Waals surface area contributed by atoms with Gasteiger partial charge >= 0.3 is 0 Å². The minimum Gasteiger partial charge on any atom is -0.497 e. The lowest BCUT2D eigenvalue weighted by Gasteiger charge is -2.19. The Morgan fingerprint density at radius 3 is 2.29 bits per heavy atom. The number of fused-ring (bicyclic) bond motifs is 2. The van der Waals surface area contributed by atoms with E-state index in [0.29, 0.717) is 30.9 Å². The van der Waals surface area contributed by atoms with Gasteiger partial charge in [-0.1, -0.05) is 23.8 Å². The molecule has 0 fully saturated rings. The van der Waals surface area contributed by atoms with E-state index in [1.54, 1.807) is 21.3 Å². The van der Waals surface area contributed by atoms with Crippen LogP contribution in [0.4, 0.5) is 0 Å². The smallest absolute Gasteiger partial charge is 0.224 e. The van der Waals surface area contributed by atoms with Crippen LogP contribution < -0.4 is 19.5 Å². The molecular weight excluding hydrogens is 354 g/mol. The van der Waals surface area contributed by atoms with Crippen LogP contribution in [0, 0.1) is 0 Å². The molecule has 1 N–H and O–H groups in total. The number of nitrogens with one attached hydrogen (secondary N) is 1. The van der Waals surface area contributed by atoms with Gasteiger partial charge in [0.25, 0.3) is 0 Å². The van der Waals surface area contributed by atoms with Gasteiger partial charge in [-0.2, -0.15) is 0 Å². The highest BCUT2D eigenvalue weighted by molar-refractivity contribution is 5.90. The van der Waals surface area contributed by atoms with Gasteiger partial charge in [0.1, 0.15) is 5.75 Å². The SMILES string of the molecule is COc1ccc(C2=C3C=C(CC(=O)NC3)Cc3cc(OC)c(OC)cc32)cc1. The lowest BCUT2D eigenvalue weighted by molar-refractivity contribution is -0.120. The molecule has 0 saturated heterocycles. The van der Waals surface area contributed by atoms with E-state index in [1.165, 1.54) is 0 Å². The number of carbonyl (C=O) groups excluding carboxylic acids is 1. The topological polar surface area (TPSA) is 56.8 Å². The van der Waals surface area contributed by atoms with Crippen LogP contribution in [0.15, 0.2) is 53.6 Å². The van der Waals surface area contributed by atoms with E-state index in [0.717, 1.165) is 39.2 Å². The number of ether oxygens (including phenoxy) is 3. The predicted octanol–water partition coefficient (Wildman–Crippen LogP) is 3.52. The molecule has 1 aliphatic carbocycles. The molecule has 0 aromatic heterocycles. The number of hydrogen-bond donors (Lipinski definition) is 1. The normalized spacial score (nSPS) is 15.7. The maximum absolute atomic E-state index is 12.2. The van der Waals surface area contributed by atoms with E-state index in [-0.39, 0.29) is 5.91 Å². The maximum atomic E-state index is 12.2. The van der Waals surface area contributed by atoms with Crippen LogP contribution >= 0.6 is 0 Å². The fourth-order valence-corrected chi connectivity index (χ4v) is 3.90. The van der Waals surface area contributed by atoms with E-state index >= 15 is 0 Å². The molecule has 0 spiro atoms. The molecule has 1 heterocycles. The van der Waals surface area contributed by atoms with Gasteiger partial charge in [0.2, 0.25) is 5.91 Å². The van der Waals surface area contributed by atoms with Gasteiger partial charge in [-0.3, -0.25) is 4.79 Å². The first-order valence-corrected chi connectivity index (χ1v) is 9.22. The molecule has 2 bridgehead atoms. The molecule has 0 atom stereocenters. The van der Waals surface area contributed by atoms with E-state index in [1.807, 2.05) is 36.4 Å². The van der Waals surface area contributed by atoms with Gasteiger partial charge < -0.3 is 19.5 Å². The van der Waals surface area contributed by atoms with E-state index in [4.69, 9.17) is 14.2 Å². The number of carbonyl (C=O) groups is 1. The third-order valence-corrected chi connectivity index (χ3v) is 5.24. The second-order valence-corrected chi connectivity index (χ2v) is 6.93. The number of benzene rings is 2. The molecule has 144 valence electrons. The predicted molar refractivity (Wildman–Crippen MR) is 108 cm³/mol. The maximum Gasteiger partial charge on any atom is 0.224 e. The largest absolute Gasteiger partial charge is 0.497 e. The Balaban J connectivity index is 1.97. The minimum absolute atomic E-state index is 0.0549. The summed E-state index contributed by atoms with van der Waals surface area (Å²) in [5.41, 5.74) is 6.58. The molecule has 5 nitrogen and oxygen atoms in total. The van der Waals surface area contributed by atoms with Crippen molar-refractivity contribution in [2.45, 2.75) is 12.8 Å². The lowest BCUT2D eigenvalue weighted by Crippen LogP contribution is -2.24. The van der Waals surface area contributed by atoms with Crippen molar-refractivity contribution in [3.63, 3.8) is 0 Å². The van der Waals surface area contributed by atoms with Crippen molar-refractivity contribution < 1.29 is 19.0 Å². The summed E-state index contributed by atoms with van der Waals surface area (Å²) in [6, 6.07) is 12.1. The van der Waals surface area contributed by atoms with Gasteiger partial charge in [-0.15, -0.1) is 0 Å². The summed E-state index contributed by atoms with van der Waals surface area (Å²) in [5.74, 6) is 2.25. The van der Waals surface area contributed by atoms with E-state index in [9.17, 15) is 4.79 Å². The Labute approximate surface area is 164 Å². The second-order valence-electron chi connectivity index (χ2n) is 6.93. The molecule has 2 aliphatic rings. The highest BCUT2D eigenvalue weighted by Gasteiger charge is 2.25. The van der Waals surface area contributed by atoms with E-state index < -0.39 is 0 Å². The summed E-state index contributed by atoms with van der Waals surface area (Å²) >= 11 is 0. The third kappa shape index (κ3) is 3.24. The molecule has 1 amide bonds. The Hall–Kier alpha value is -3.21. The molecule has 2 aromatic rings. The van der Waals surface area contributed by atoms with Crippen LogP contribution in [0.25, 0.3) is 5.57 Å². The Morgan fingerprint density at radius 1 is 0.893 bits per heavy atom. The quantitative estimate of drug-likeness (QED) is 0.886. The average Bonchev–Trinajstić information content (AvgIpc) is 2.99. The van der Waals surface area contributed by atoms with Crippen molar-refractivity contribution >= 4 is 11.5 Å².